The summed E-state index contributed by atoms with van der Waals surface area (Å²) in [5.74, 6) is -1.69. The van der Waals surface area contributed by atoms with Crippen LogP contribution in [0.2, 0.25) is 0 Å². The van der Waals surface area contributed by atoms with Crippen molar-refractivity contribution >= 4 is 36.2 Å². The van der Waals surface area contributed by atoms with E-state index in [0.717, 1.165) is 89.4 Å². The molecule has 4 aromatic rings. The van der Waals surface area contributed by atoms with Gasteiger partial charge in [0, 0.05) is 81.7 Å². The van der Waals surface area contributed by atoms with Crippen LogP contribution in [0.25, 0.3) is 24.3 Å². The first kappa shape index (κ1) is 28.8. The van der Waals surface area contributed by atoms with Crippen LogP contribution < -0.4 is 10.7 Å². The number of hydrogen-bond donors (Lipinski definition) is 6. The quantitative estimate of drug-likeness (QED) is 0.162. The standard InChI is InChI=1S/C34H38N4O4/c1-7-21-17(3)25-13-26-19(5)23(9-11-33(39)40)31(37-26)16-32-24(10-12-34(41)42)20(6)28(38-32)15-30-22(8-2)18(4)27(36-30)14-29(21)35-25/h7-8,14-15,35-38H,1-2,9-13,16H2,3-6H3,(H,39,40)(H,41,42)/b27-14-,30-15-. The van der Waals surface area contributed by atoms with E-state index in [-0.39, 0.29) is 12.8 Å². The lowest BCUT2D eigenvalue weighted by Crippen LogP contribution is -2.12. The van der Waals surface area contributed by atoms with E-state index in [1.54, 1.807) is 0 Å². The molecule has 1 aliphatic rings. The van der Waals surface area contributed by atoms with Crippen LogP contribution in [0.1, 0.15) is 91.5 Å². The Bertz CT molecular complexity index is 1870. The van der Waals surface area contributed by atoms with E-state index < -0.39 is 11.9 Å². The predicted octanol–water partition coefficient (Wildman–Crippen LogP) is 4.71. The average Bonchev–Trinajstić information content (AvgIpc) is 3.59. The lowest BCUT2D eigenvalue weighted by molar-refractivity contribution is -0.138. The van der Waals surface area contributed by atoms with Gasteiger partial charge in [0.05, 0.1) is 0 Å². The number of carboxylic acid groups (broad SMARTS) is 2. The second-order valence-corrected chi connectivity index (χ2v) is 11.2. The molecule has 0 unspecified atom stereocenters. The fourth-order valence-electron chi connectivity index (χ4n) is 6.30. The number of aliphatic carboxylic acids is 2. The highest BCUT2D eigenvalue weighted by Crippen LogP contribution is 2.30. The highest BCUT2D eigenvalue weighted by Gasteiger charge is 2.22. The number of H-pyrrole nitrogens is 4. The average molecular weight is 567 g/mol. The molecule has 0 saturated heterocycles. The summed E-state index contributed by atoms with van der Waals surface area (Å²) in [7, 11) is 0. The number of aromatic amines is 4. The number of fused-ring (bicyclic) bond motifs is 8. The van der Waals surface area contributed by atoms with Crippen LogP contribution in [0, 0.1) is 27.7 Å². The fraction of sp³-hybridized carbons (Fsp3) is 0.294. The molecule has 5 heterocycles. The van der Waals surface area contributed by atoms with Gasteiger partial charge in [0.2, 0.25) is 0 Å². The zero-order chi connectivity index (χ0) is 30.3. The first-order valence-electron chi connectivity index (χ1n) is 14.2. The smallest absolute Gasteiger partial charge is 0.303 e. The summed E-state index contributed by atoms with van der Waals surface area (Å²) in [6, 6.07) is 0. The first-order valence-corrected chi connectivity index (χ1v) is 14.2. The van der Waals surface area contributed by atoms with E-state index in [9.17, 15) is 19.8 Å². The SMILES string of the molecule is C=Cc1c2[nH]c(c1C)Cc1[nH]c(c(CCC(=O)O)c1C)Cc1[nH]c(c(C)c1CCC(=O)O)/C=c1\[nH]/c(c(C)c1C=C)=C\2. The van der Waals surface area contributed by atoms with Crippen molar-refractivity contribution in [3.05, 3.63) is 103 Å². The van der Waals surface area contributed by atoms with Crippen molar-refractivity contribution in [2.75, 3.05) is 0 Å². The van der Waals surface area contributed by atoms with Crippen LogP contribution in [-0.4, -0.2) is 42.1 Å². The molecule has 8 bridgehead atoms. The molecule has 0 amide bonds. The summed E-state index contributed by atoms with van der Waals surface area (Å²) < 4.78 is 0. The number of nitrogens with one attached hydrogen (secondary N) is 4. The zero-order valence-electron chi connectivity index (χ0n) is 24.7. The third kappa shape index (κ3) is 5.20. The van der Waals surface area contributed by atoms with Crippen LogP contribution in [0.4, 0.5) is 0 Å². The van der Waals surface area contributed by atoms with Crippen molar-refractivity contribution in [3.63, 3.8) is 0 Å². The third-order valence-electron chi connectivity index (χ3n) is 8.75. The first-order chi connectivity index (χ1) is 20.0. The second-order valence-electron chi connectivity index (χ2n) is 11.2. The van der Waals surface area contributed by atoms with Crippen molar-refractivity contribution in [3.8, 4) is 0 Å². The molecule has 218 valence electrons. The maximum absolute atomic E-state index is 11.6. The van der Waals surface area contributed by atoms with Gasteiger partial charge in [-0.15, -0.1) is 0 Å². The van der Waals surface area contributed by atoms with Gasteiger partial charge in [0.25, 0.3) is 0 Å². The van der Waals surface area contributed by atoms with Crippen molar-refractivity contribution in [1.29, 1.82) is 0 Å². The van der Waals surface area contributed by atoms with Crippen LogP contribution in [0.5, 0.6) is 0 Å². The molecule has 0 aliphatic carbocycles. The molecule has 5 rings (SSSR count). The molecular weight excluding hydrogens is 528 g/mol. The van der Waals surface area contributed by atoms with Gasteiger partial charge >= 0.3 is 11.9 Å². The molecule has 0 spiro atoms. The molecule has 4 aromatic heterocycles. The normalized spacial score (nSPS) is 14.1. The summed E-state index contributed by atoms with van der Waals surface area (Å²) in [6.45, 7) is 16.4. The van der Waals surface area contributed by atoms with Gasteiger partial charge in [0.1, 0.15) is 0 Å². The summed E-state index contributed by atoms with van der Waals surface area (Å²) in [4.78, 5) is 37.6. The van der Waals surface area contributed by atoms with Gasteiger partial charge in [-0.1, -0.05) is 25.3 Å². The van der Waals surface area contributed by atoms with Gasteiger partial charge in [-0.25, -0.2) is 0 Å². The number of aromatic nitrogens is 4. The number of hydrogen-bond acceptors (Lipinski definition) is 2. The Kier molecular flexibility index (Phi) is 7.73. The third-order valence-corrected chi connectivity index (χ3v) is 8.75. The predicted molar refractivity (Wildman–Crippen MR) is 166 cm³/mol. The minimum absolute atomic E-state index is 0.0183. The minimum atomic E-state index is -0.848. The summed E-state index contributed by atoms with van der Waals surface area (Å²) in [5, 5.41) is 20.8. The number of carboxylic acids is 2. The minimum Gasteiger partial charge on any atom is -0.481 e. The van der Waals surface area contributed by atoms with Crippen LogP contribution in [0.15, 0.2) is 13.2 Å². The Morgan fingerprint density at radius 1 is 0.667 bits per heavy atom. The molecule has 0 fully saturated rings. The van der Waals surface area contributed by atoms with E-state index in [1.165, 1.54) is 0 Å². The van der Waals surface area contributed by atoms with Crippen LogP contribution >= 0.6 is 0 Å². The van der Waals surface area contributed by atoms with Gasteiger partial charge in [-0.2, -0.15) is 0 Å². The largest absolute Gasteiger partial charge is 0.481 e. The zero-order valence-corrected chi connectivity index (χ0v) is 24.7. The van der Waals surface area contributed by atoms with Crippen molar-refractivity contribution in [2.24, 2.45) is 0 Å². The molecule has 0 atom stereocenters. The van der Waals surface area contributed by atoms with E-state index in [0.29, 0.717) is 25.7 Å². The molecule has 8 nitrogen and oxygen atoms in total. The van der Waals surface area contributed by atoms with E-state index in [1.807, 2.05) is 26.0 Å². The van der Waals surface area contributed by atoms with E-state index in [2.05, 4.69) is 59.1 Å². The Labute approximate surface area is 244 Å². The van der Waals surface area contributed by atoms with Gasteiger partial charge < -0.3 is 30.1 Å². The Morgan fingerprint density at radius 3 is 1.81 bits per heavy atom. The monoisotopic (exact) mass is 566 g/mol. The lowest BCUT2D eigenvalue weighted by atomic mass is 9.98. The molecular formula is C34H38N4O4. The maximum atomic E-state index is 11.6. The van der Waals surface area contributed by atoms with E-state index in [4.69, 9.17) is 0 Å². The Balaban J connectivity index is 1.81. The maximum Gasteiger partial charge on any atom is 0.303 e. The van der Waals surface area contributed by atoms with E-state index >= 15 is 0 Å². The summed E-state index contributed by atoms with van der Waals surface area (Å²) in [6.07, 6.45) is 9.87. The van der Waals surface area contributed by atoms with Crippen LogP contribution in [0.3, 0.4) is 0 Å². The Hall–Kier alpha value is -4.72. The molecule has 42 heavy (non-hydrogen) atoms. The van der Waals surface area contributed by atoms with Gasteiger partial charge in [-0.05, 0) is 86.1 Å². The Morgan fingerprint density at radius 2 is 1.19 bits per heavy atom. The molecule has 0 radical (unpaired) electrons. The highest BCUT2D eigenvalue weighted by molar-refractivity contribution is 5.70. The number of carbonyl (C=O) groups is 2. The molecule has 8 heteroatoms. The second kappa shape index (κ2) is 11.3. The topological polar surface area (TPSA) is 138 Å². The fourth-order valence-corrected chi connectivity index (χ4v) is 6.30. The summed E-state index contributed by atoms with van der Waals surface area (Å²) in [5.41, 5.74) is 14.1. The van der Waals surface area contributed by atoms with Crippen molar-refractivity contribution in [1.82, 2.24) is 19.9 Å². The molecule has 0 aromatic carbocycles. The molecule has 0 saturated carbocycles. The van der Waals surface area contributed by atoms with Crippen LogP contribution in [-0.2, 0) is 35.3 Å². The summed E-state index contributed by atoms with van der Waals surface area (Å²) >= 11 is 0. The lowest BCUT2D eigenvalue weighted by Gasteiger charge is -2.07. The highest BCUT2D eigenvalue weighted by atomic mass is 16.4. The number of rotatable bonds is 8. The van der Waals surface area contributed by atoms with Crippen molar-refractivity contribution in [2.45, 2.75) is 66.2 Å². The van der Waals surface area contributed by atoms with Gasteiger partial charge in [-0.3, -0.25) is 9.59 Å². The molecule has 6 N–H and O–H groups in total. The van der Waals surface area contributed by atoms with Gasteiger partial charge in [0.15, 0.2) is 0 Å². The van der Waals surface area contributed by atoms with Crippen molar-refractivity contribution < 1.29 is 19.8 Å². The molecule has 1 aliphatic heterocycles.